The molecule has 1 rings (SSSR count). The van der Waals surface area contributed by atoms with Crippen molar-refractivity contribution in [1.29, 1.82) is 5.41 Å². The summed E-state index contributed by atoms with van der Waals surface area (Å²) < 4.78 is 0. The molecular formula is C11H23N3. The zero-order chi connectivity index (χ0) is 10.6. The molecule has 0 aromatic heterocycles. The van der Waals surface area contributed by atoms with Gasteiger partial charge in [-0.15, -0.1) is 0 Å². The summed E-state index contributed by atoms with van der Waals surface area (Å²) in [6, 6.07) is 0. The Hall–Kier alpha value is -0.570. The van der Waals surface area contributed by atoms with E-state index in [4.69, 9.17) is 5.41 Å². The third kappa shape index (κ3) is 3.29. The normalized spacial score (nSPS) is 19.6. The van der Waals surface area contributed by atoms with Crippen molar-refractivity contribution in [2.45, 2.75) is 26.2 Å². The van der Waals surface area contributed by atoms with Crippen molar-refractivity contribution in [3.63, 3.8) is 0 Å². The average molecular weight is 197 g/mol. The topological polar surface area (TPSA) is 30.3 Å². The molecule has 0 saturated carbocycles. The first kappa shape index (κ1) is 11.5. The van der Waals surface area contributed by atoms with E-state index in [1.807, 2.05) is 14.0 Å². The predicted molar refractivity (Wildman–Crippen MR) is 60.9 cm³/mol. The lowest BCUT2D eigenvalue weighted by Crippen LogP contribution is -2.37. The minimum atomic E-state index is 0.768. The van der Waals surface area contributed by atoms with Gasteiger partial charge < -0.3 is 9.80 Å². The zero-order valence-electron chi connectivity index (χ0n) is 9.71. The molecule has 0 radical (unpaired) electrons. The summed E-state index contributed by atoms with van der Waals surface area (Å²) in [6.45, 7) is 5.56. The first-order valence-corrected chi connectivity index (χ1v) is 5.60. The van der Waals surface area contributed by atoms with Gasteiger partial charge in [0.1, 0.15) is 0 Å². The van der Waals surface area contributed by atoms with Gasteiger partial charge in [0.25, 0.3) is 0 Å². The molecule has 3 nitrogen and oxygen atoms in total. The molecule has 1 aliphatic heterocycles. The van der Waals surface area contributed by atoms with Crippen LogP contribution in [-0.4, -0.2) is 49.4 Å². The van der Waals surface area contributed by atoms with Crippen molar-refractivity contribution in [3.8, 4) is 0 Å². The van der Waals surface area contributed by atoms with Crippen LogP contribution in [0.15, 0.2) is 0 Å². The summed E-state index contributed by atoms with van der Waals surface area (Å²) >= 11 is 0. The molecule has 0 unspecified atom stereocenters. The van der Waals surface area contributed by atoms with E-state index >= 15 is 0 Å². The van der Waals surface area contributed by atoms with Crippen LogP contribution in [-0.2, 0) is 0 Å². The molecule has 0 bridgehead atoms. The van der Waals surface area contributed by atoms with Crippen molar-refractivity contribution in [2.75, 3.05) is 33.7 Å². The molecule has 1 saturated heterocycles. The van der Waals surface area contributed by atoms with Crippen molar-refractivity contribution >= 4 is 5.84 Å². The molecule has 1 fully saturated rings. The van der Waals surface area contributed by atoms with E-state index < -0.39 is 0 Å². The van der Waals surface area contributed by atoms with Crippen LogP contribution in [0.25, 0.3) is 0 Å². The Morgan fingerprint density at radius 1 is 1.43 bits per heavy atom. The standard InChI is InChI=1S/C11H23N3/c1-4-11(12)14(3)9-10-5-7-13(2)8-6-10/h10,12H,4-9H2,1-3H3. The maximum Gasteiger partial charge on any atom is 0.0952 e. The predicted octanol–water partition coefficient (Wildman–Crippen LogP) is 1.65. The first-order chi connectivity index (χ1) is 6.63. The van der Waals surface area contributed by atoms with Gasteiger partial charge in [0.05, 0.1) is 5.84 Å². The zero-order valence-corrected chi connectivity index (χ0v) is 9.71. The molecule has 1 N–H and O–H groups in total. The molecule has 0 atom stereocenters. The van der Waals surface area contributed by atoms with E-state index in [2.05, 4.69) is 16.8 Å². The number of nitrogens with one attached hydrogen (secondary N) is 1. The van der Waals surface area contributed by atoms with Gasteiger partial charge in [0.15, 0.2) is 0 Å². The fourth-order valence-corrected chi connectivity index (χ4v) is 2.01. The quantitative estimate of drug-likeness (QED) is 0.551. The summed E-state index contributed by atoms with van der Waals surface area (Å²) in [5.41, 5.74) is 0. The van der Waals surface area contributed by atoms with Gasteiger partial charge in [-0.05, 0) is 38.9 Å². The maximum atomic E-state index is 7.72. The van der Waals surface area contributed by atoms with Gasteiger partial charge >= 0.3 is 0 Å². The Bertz CT molecular complexity index is 183. The number of hydrogen-bond donors (Lipinski definition) is 1. The lowest BCUT2D eigenvalue weighted by molar-refractivity contribution is 0.199. The van der Waals surface area contributed by atoms with E-state index in [0.717, 1.165) is 24.7 Å². The summed E-state index contributed by atoms with van der Waals surface area (Å²) in [6.07, 6.45) is 3.43. The number of nitrogens with zero attached hydrogens (tertiary/aromatic N) is 2. The second-order valence-electron chi connectivity index (χ2n) is 4.43. The van der Waals surface area contributed by atoms with Gasteiger partial charge in [-0.3, -0.25) is 5.41 Å². The van der Waals surface area contributed by atoms with Gasteiger partial charge in [-0.25, -0.2) is 0 Å². The summed E-state index contributed by atoms with van der Waals surface area (Å²) in [5.74, 6) is 1.56. The molecule has 0 amide bonds. The largest absolute Gasteiger partial charge is 0.363 e. The summed E-state index contributed by atoms with van der Waals surface area (Å²) in [5, 5.41) is 7.72. The van der Waals surface area contributed by atoms with Crippen molar-refractivity contribution in [3.05, 3.63) is 0 Å². The molecule has 0 aromatic carbocycles. The minimum Gasteiger partial charge on any atom is -0.363 e. The Balaban J connectivity index is 2.27. The van der Waals surface area contributed by atoms with Crippen LogP contribution < -0.4 is 0 Å². The SMILES string of the molecule is CCC(=N)N(C)CC1CCN(C)CC1. The highest BCUT2D eigenvalue weighted by Crippen LogP contribution is 2.16. The van der Waals surface area contributed by atoms with Crippen molar-refractivity contribution < 1.29 is 0 Å². The lowest BCUT2D eigenvalue weighted by atomic mass is 9.96. The van der Waals surface area contributed by atoms with Crippen LogP contribution >= 0.6 is 0 Å². The van der Waals surface area contributed by atoms with E-state index in [0.29, 0.717) is 0 Å². The third-order valence-corrected chi connectivity index (χ3v) is 3.17. The van der Waals surface area contributed by atoms with Gasteiger partial charge in [0, 0.05) is 20.0 Å². The highest BCUT2D eigenvalue weighted by Gasteiger charge is 2.18. The number of amidine groups is 1. The molecule has 3 heteroatoms. The number of hydrogen-bond acceptors (Lipinski definition) is 2. The number of likely N-dealkylation sites (tertiary alicyclic amines) is 1. The Morgan fingerprint density at radius 2 is 2.00 bits per heavy atom. The maximum absolute atomic E-state index is 7.72. The smallest absolute Gasteiger partial charge is 0.0952 e. The molecule has 1 aliphatic rings. The van der Waals surface area contributed by atoms with Crippen LogP contribution in [0.1, 0.15) is 26.2 Å². The van der Waals surface area contributed by atoms with Crippen LogP contribution in [0, 0.1) is 11.3 Å². The lowest BCUT2D eigenvalue weighted by Gasteiger charge is -2.32. The Kier molecular flexibility index (Phi) is 4.39. The van der Waals surface area contributed by atoms with E-state index in [-0.39, 0.29) is 0 Å². The molecule has 1 heterocycles. The van der Waals surface area contributed by atoms with Gasteiger partial charge in [-0.1, -0.05) is 6.92 Å². The number of rotatable bonds is 3. The second-order valence-corrected chi connectivity index (χ2v) is 4.43. The Labute approximate surface area is 87.6 Å². The first-order valence-electron chi connectivity index (χ1n) is 5.60. The molecule has 0 aromatic rings. The van der Waals surface area contributed by atoms with Crippen molar-refractivity contribution in [1.82, 2.24) is 9.80 Å². The second kappa shape index (κ2) is 5.35. The molecular weight excluding hydrogens is 174 g/mol. The van der Waals surface area contributed by atoms with E-state index in [9.17, 15) is 0 Å². The minimum absolute atomic E-state index is 0.768. The molecule has 0 aliphatic carbocycles. The monoisotopic (exact) mass is 197 g/mol. The highest BCUT2D eigenvalue weighted by molar-refractivity contribution is 5.78. The van der Waals surface area contributed by atoms with Crippen LogP contribution in [0.4, 0.5) is 0 Å². The van der Waals surface area contributed by atoms with Crippen molar-refractivity contribution in [2.24, 2.45) is 5.92 Å². The fourth-order valence-electron chi connectivity index (χ4n) is 2.01. The van der Waals surface area contributed by atoms with Crippen LogP contribution in [0.2, 0.25) is 0 Å². The highest BCUT2D eigenvalue weighted by atomic mass is 15.1. The van der Waals surface area contributed by atoms with Crippen LogP contribution in [0.3, 0.4) is 0 Å². The van der Waals surface area contributed by atoms with Gasteiger partial charge in [0.2, 0.25) is 0 Å². The van der Waals surface area contributed by atoms with Crippen LogP contribution in [0.5, 0.6) is 0 Å². The summed E-state index contributed by atoms with van der Waals surface area (Å²) in [4.78, 5) is 4.50. The number of piperidine rings is 1. The molecule has 82 valence electrons. The summed E-state index contributed by atoms with van der Waals surface area (Å²) in [7, 11) is 4.23. The van der Waals surface area contributed by atoms with Gasteiger partial charge in [-0.2, -0.15) is 0 Å². The molecule has 0 spiro atoms. The molecule has 14 heavy (non-hydrogen) atoms. The Morgan fingerprint density at radius 3 is 2.50 bits per heavy atom. The average Bonchev–Trinajstić information content (AvgIpc) is 2.20. The van der Waals surface area contributed by atoms with E-state index in [1.165, 1.54) is 25.9 Å². The van der Waals surface area contributed by atoms with E-state index in [1.54, 1.807) is 0 Å². The third-order valence-electron chi connectivity index (χ3n) is 3.17. The fraction of sp³-hybridized carbons (Fsp3) is 0.909.